The molecule has 1 aromatic carbocycles. The Morgan fingerprint density at radius 3 is 2.82 bits per heavy atom. The number of methoxy groups -OCH3 is 1. The van der Waals surface area contributed by atoms with Gasteiger partial charge in [0.2, 0.25) is 5.89 Å². The maximum absolute atomic E-state index is 5.77. The van der Waals surface area contributed by atoms with E-state index in [1.54, 1.807) is 7.11 Å². The lowest BCUT2D eigenvalue weighted by atomic mass is 10.1. The van der Waals surface area contributed by atoms with Gasteiger partial charge in [0.25, 0.3) is 0 Å². The monoisotopic (exact) mass is 234 g/mol. The van der Waals surface area contributed by atoms with Crippen molar-refractivity contribution in [2.75, 3.05) is 13.7 Å². The Morgan fingerprint density at radius 1 is 1.41 bits per heavy atom. The minimum atomic E-state index is -0.263. The summed E-state index contributed by atoms with van der Waals surface area (Å²) in [6.45, 7) is 7.04. The number of nitrogens with zero attached hydrogens (tertiary/aromatic N) is 1. The van der Waals surface area contributed by atoms with Crippen molar-refractivity contribution in [2.24, 2.45) is 0 Å². The van der Waals surface area contributed by atoms with Gasteiger partial charge in [-0.1, -0.05) is 6.92 Å². The van der Waals surface area contributed by atoms with Crippen LogP contribution in [0.25, 0.3) is 11.1 Å². The number of oxazole rings is 1. The Bertz CT molecular complexity index is 517. The topological polar surface area (TPSA) is 47.3 Å². The zero-order chi connectivity index (χ0) is 12.5. The van der Waals surface area contributed by atoms with Gasteiger partial charge in [-0.25, -0.2) is 4.98 Å². The number of rotatable bonds is 4. The number of hydrogen-bond donors (Lipinski definition) is 1. The van der Waals surface area contributed by atoms with Crippen molar-refractivity contribution in [3.05, 3.63) is 24.1 Å². The number of hydrogen-bond acceptors (Lipinski definition) is 4. The molecule has 0 amide bonds. The van der Waals surface area contributed by atoms with Crippen LogP contribution in [0.15, 0.2) is 22.6 Å². The van der Waals surface area contributed by atoms with E-state index < -0.39 is 0 Å². The molecule has 0 aliphatic rings. The van der Waals surface area contributed by atoms with E-state index in [4.69, 9.17) is 9.15 Å². The highest BCUT2D eigenvalue weighted by Gasteiger charge is 2.25. The largest absolute Gasteiger partial charge is 0.497 e. The predicted octanol–water partition coefficient (Wildman–Crippen LogP) is 2.68. The summed E-state index contributed by atoms with van der Waals surface area (Å²) in [5.41, 5.74) is 1.35. The quantitative estimate of drug-likeness (QED) is 0.883. The Morgan fingerprint density at radius 2 is 2.18 bits per heavy atom. The van der Waals surface area contributed by atoms with Crippen LogP contribution in [0.3, 0.4) is 0 Å². The fraction of sp³-hybridized carbons (Fsp3) is 0.462. The van der Waals surface area contributed by atoms with Crippen LogP contribution >= 0.6 is 0 Å². The molecule has 0 radical (unpaired) electrons. The van der Waals surface area contributed by atoms with Crippen LogP contribution in [0.1, 0.15) is 26.7 Å². The Hall–Kier alpha value is -1.55. The van der Waals surface area contributed by atoms with Gasteiger partial charge < -0.3 is 14.5 Å². The van der Waals surface area contributed by atoms with E-state index in [1.807, 2.05) is 18.2 Å². The first kappa shape index (κ1) is 11.9. The Labute approximate surface area is 101 Å². The van der Waals surface area contributed by atoms with Gasteiger partial charge in [-0.05, 0) is 32.5 Å². The lowest BCUT2D eigenvalue weighted by Gasteiger charge is -2.21. The second-order valence-corrected chi connectivity index (χ2v) is 4.51. The average molecular weight is 234 g/mol. The summed E-state index contributed by atoms with van der Waals surface area (Å²) >= 11 is 0. The van der Waals surface area contributed by atoms with Crippen molar-refractivity contribution in [3.8, 4) is 5.75 Å². The first-order valence-electron chi connectivity index (χ1n) is 5.77. The molecule has 2 aromatic rings. The molecule has 0 aliphatic carbocycles. The molecule has 0 saturated heterocycles. The van der Waals surface area contributed by atoms with E-state index in [9.17, 15) is 0 Å². The molecular weight excluding hydrogens is 216 g/mol. The molecule has 1 N–H and O–H groups in total. The van der Waals surface area contributed by atoms with Gasteiger partial charge in [0.15, 0.2) is 5.58 Å². The molecule has 4 heteroatoms. The molecule has 4 nitrogen and oxygen atoms in total. The summed E-state index contributed by atoms with van der Waals surface area (Å²) < 4.78 is 10.9. The summed E-state index contributed by atoms with van der Waals surface area (Å²) in [6, 6.07) is 5.64. The molecule has 0 unspecified atom stereocenters. The molecular formula is C13H18N2O2. The molecule has 1 aromatic heterocycles. The lowest BCUT2D eigenvalue weighted by molar-refractivity contribution is 0.322. The van der Waals surface area contributed by atoms with E-state index in [0.29, 0.717) is 5.89 Å². The van der Waals surface area contributed by atoms with E-state index in [2.05, 4.69) is 31.1 Å². The van der Waals surface area contributed by atoms with Crippen LogP contribution in [0.4, 0.5) is 0 Å². The third-order valence-electron chi connectivity index (χ3n) is 2.75. The minimum absolute atomic E-state index is 0.263. The van der Waals surface area contributed by atoms with E-state index in [1.165, 1.54) is 0 Å². The van der Waals surface area contributed by atoms with Gasteiger partial charge >= 0.3 is 0 Å². The predicted molar refractivity (Wildman–Crippen MR) is 67.3 cm³/mol. The third-order valence-corrected chi connectivity index (χ3v) is 2.75. The standard InChI is InChI=1S/C13H18N2O2/c1-5-14-13(2,3)12-15-10-7-6-9(16-4)8-11(10)17-12/h6-8,14H,5H2,1-4H3. The van der Waals surface area contributed by atoms with Crippen molar-refractivity contribution < 1.29 is 9.15 Å². The summed E-state index contributed by atoms with van der Waals surface area (Å²) in [5, 5.41) is 3.34. The van der Waals surface area contributed by atoms with Crippen LogP contribution in [-0.4, -0.2) is 18.6 Å². The summed E-state index contributed by atoms with van der Waals surface area (Å²) in [6.07, 6.45) is 0. The van der Waals surface area contributed by atoms with Gasteiger partial charge in [0.05, 0.1) is 12.6 Å². The van der Waals surface area contributed by atoms with Crippen molar-refractivity contribution in [1.82, 2.24) is 10.3 Å². The van der Waals surface area contributed by atoms with Crippen LogP contribution in [0.2, 0.25) is 0 Å². The number of benzene rings is 1. The zero-order valence-electron chi connectivity index (χ0n) is 10.7. The van der Waals surface area contributed by atoms with E-state index in [0.717, 1.165) is 23.4 Å². The SMILES string of the molecule is CCNC(C)(C)c1nc2ccc(OC)cc2o1. The van der Waals surface area contributed by atoms with Gasteiger partial charge in [0.1, 0.15) is 11.3 Å². The molecule has 0 bridgehead atoms. The van der Waals surface area contributed by atoms with Gasteiger partial charge in [-0.3, -0.25) is 0 Å². The highest BCUT2D eigenvalue weighted by atomic mass is 16.5. The molecule has 0 aliphatic heterocycles. The molecule has 92 valence electrons. The van der Waals surface area contributed by atoms with Crippen LogP contribution in [0.5, 0.6) is 5.75 Å². The third kappa shape index (κ3) is 2.26. The maximum atomic E-state index is 5.77. The second-order valence-electron chi connectivity index (χ2n) is 4.51. The smallest absolute Gasteiger partial charge is 0.215 e. The highest BCUT2D eigenvalue weighted by Crippen LogP contribution is 2.26. The van der Waals surface area contributed by atoms with Crippen LogP contribution in [-0.2, 0) is 5.54 Å². The maximum Gasteiger partial charge on any atom is 0.215 e. The van der Waals surface area contributed by atoms with Crippen molar-refractivity contribution in [1.29, 1.82) is 0 Å². The molecule has 17 heavy (non-hydrogen) atoms. The number of ether oxygens (including phenoxy) is 1. The Kier molecular flexibility index (Phi) is 3.07. The summed E-state index contributed by atoms with van der Waals surface area (Å²) in [5.74, 6) is 1.48. The summed E-state index contributed by atoms with van der Waals surface area (Å²) in [7, 11) is 1.64. The first-order chi connectivity index (χ1) is 8.06. The average Bonchev–Trinajstić information content (AvgIpc) is 2.72. The van der Waals surface area contributed by atoms with Crippen LogP contribution in [0, 0.1) is 0 Å². The minimum Gasteiger partial charge on any atom is -0.497 e. The molecule has 1 heterocycles. The molecule has 0 atom stereocenters. The van der Waals surface area contributed by atoms with Gasteiger partial charge in [0, 0.05) is 6.07 Å². The fourth-order valence-corrected chi connectivity index (χ4v) is 1.82. The zero-order valence-corrected chi connectivity index (χ0v) is 10.7. The Balaban J connectivity index is 2.44. The normalized spacial score (nSPS) is 12.0. The highest BCUT2D eigenvalue weighted by molar-refractivity contribution is 5.74. The number of nitrogens with one attached hydrogen (secondary N) is 1. The van der Waals surface area contributed by atoms with Crippen molar-refractivity contribution >= 4 is 11.1 Å². The second kappa shape index (κ2) is 4.37. The molecule has 2 rings (SSSR count). The first-order valence-corrected chi connectivity index (χ1v) is 5.77. The van der Waals surface area contributed by atoms with Crippen LogP contribution < -0.4 is 10.1 Å². The van der Waals surface area contributed by atoms with E-state index in [-0.39, 0.29) is 5.54 Å². The van der Waals surface area contributed by atoms with Gasteiger partial charge in [-0.15, -0.1) is 0 Å². The van der Waals surface area contributed by atoms with Crippen molar-refractivity contribution in [2.45, 2.75) is 26.3 Å². The van der Waals surface area contributed by atoms with Gasteiger partial charge in [-0.2, -0.15) is 0 Å². The number of aromatic nitrogens is 1. The molecule has 0 fully saturated rings. The fourth-order valence-electron chi connectivity index (χ4n) is 1.82. The number of fused-ring (bicyclic) bond motifs is 1. The molecule has 0 saturated carbocycles. The summed E-state index contributed by atoms with van der Waals surface area (Å²) in [4.78, 5) is 4.49. The molecule has 0 spiro atoms. The lowest BCUT2D eigenvalue weighted by Crippen LogP contribution is -2.36. The van der Waals surface area contributed by atoms with Crippen molar-refractivity contribution in [3.63, 3.8) is 0 Å². The van der Waals surface area contributed by atoms with E-state index >= 15 is 0 Å².